The number of nitrogens with one attached hydrogen (secondary N) is 1. The first-order valence-electron chi connectivity index (χ1n) is 9.12. The van der Waals surface area contributed by atoms with Crippen LogP contribution in [0.4, 0.5) is 0 Å². The average molecular weight is 384 g/mol. The third kappa shape index (κ3) is 3.98. The minimum atomic E-state index is -0.372. The standard InChI is InChI=1S/C19H24N6O3/c1-24-18(27)13-5-3-9-25(17(13)19(24)28)11-16(26)23-15(21)7-6-14(20)12-4-2-8-22-10-12/h4,6-7,10H,2-3,5,8-9,11,20-21H2,1H3,(H,23,26)/b14-6-,15-7+. The number of amides is 3. The average Bonchev–Trinajstić information content (AvgIpc) is 2.91. The number of likely N-dealkylation sites (N-methyl/N-ethyl adjacent to an activating group) is 1. The monoisotopic (exact) mass is 384 g/mol. The lowest BCUT2D eigenvalue weighted by Gasteiger charge is -2.28. The van der Waals surface area contributed by atoms with Gasteiger partial charge in [0.2, 0.25) is 5.91 Å². The number of imide groups is 1. The molecule has 0 bridgehead atoms. The van der Waals surface area contributed by atoms with Crippen molar-refractivity contribution in [2.75, 3.05) is 26.7 Å². The molecular weight excluding hydrogens is 360 g/mol. The van der Waals surface area contributed by atoms with Gasteiger partial charge in [-0.3, -0.25) is 24.3 Å². The zero-order valence-corrected chi connectivity index (χ0v) is 15.8. The maximum Gasteiger partial charge on any atom is 0.277 e. The van der Waals surface area contributed by atoms with Crippen LogP contribution in [0.1, 0.15) is 19.3 Å². The van der Waals surface area contributed by atoms with Crippen LogP contribution < -0.4 is 16.8 Å². The van der Waals surface area contributed by atoms with Crippen molar-refractivity contribution < 1.29 is 14.4 Å². The third-order valence-corrected chi connectivity index (χ3v) is 4.77. The molecule has 0 aromatic carbocycles. The van der Waals surface area contributed by atoms with Crippen molar-refractivity contribution in [1.82, 2.24) is 15.1 Å². The highest BCUT2D eigenvalue weighted by atomic mass is 16.2. The number of dihydropyridines is 1. The van der Waals surface area contributed by atoms with Crippen LogP contribution in [-0.4, -0.2) is 60.4 Å². The molecule has 3 amide bonds. The topological polar surface area (TPSA) is 134 Å². The molecule has 0 aromatic heterocycles. The van der Waals surface area contributed by atoms with Gasteiger partial charge < -0.3 is 21.7 Å². The molecule has 3 aliphatic heterocycles. The van der Waals surface area contributed by atoms with Gasteiger partial charge in [0.05, 0.1) is 6.54 Å². The predicted octanol–water partition coefficient (Wildman–Crippen LogP) is -0.505. The van der Waals surface area contributed by atoms with Gasteiger partial charge in [-0.15, -0.1) is 0 Å². The van der Waals surface area contributed by atoms with Gasteiger partial charge in [0.25, 0.3) is 11.8 Å². The molecule has 9 heteroatoms. The van der Waals surface area contributed by atoms with Crippen LogP contribution in [0.2, 0.25) is 0 Å². The highest BCUT2D eigenvalue weighted by molar-refractivity contribution is 6.19. The molecule has 3 heterocycles. The van der Waals surface area contributed by atoms with Crippen LogP contribution in [0.3, 0.4) is 0 Å². The number of carbonyl (C=O) groups excluding carboxylic acids is 3. The van der Waals surface area contributed by atoms with Gasteiger partial charge in [0.1, 0.15) is 11.5 Å². The van der Waals surface area contributed by atoms with Crippen molar-refractivity contribution >= 4 is 23.9 Å². The molecule has 0 fully saturated rings. The van der Waals surface area contributed by atoms with Crippen LogP contribution in [0.5, 0.6) is 0 Å². The molecule has 3 aliphatic rings. The lowest BCUT2D eigenvalue weighted by molar-refractivity contribution is -0.136. The Hall–Kier alpha value is -3.36. The van der Waals surface area contributed by atoms with E-state index in [4.69, 9.17) is 11.5 Å². The molecule has 28 heavy (non-hydrogen) atoms. The number of nitrogens with zero attached hydrogens (tertiary/aromatic N) is 3. The van der Waals surface area contributed by atoms with Crippen LogP contribution in [0, 0.1) is 0 Å². The third-order valence-electron chi connectivity index (χ3n) is 4.77. The van der Waals surface area contributed by atoms with Gasteiger partial charge in [-0.25, -0.2) is 0 Å². The first kappa shape index (κ1) is 19.4. The molecule has 0 aromatic rings. The fraction of sp³-hybridized carbons (Fsp3) is 0.368. The Bertz CT molecular complexity index is 865. The van der Waals surface area contributed by atoms with Crippen LogP contribution in [-0.2, 0) is 14.4 Å². The number of hydrogen-bond acceptors (Lipinski definition) is 7. The summed E-state index contributed by atoms with van der Waals surface area (Å²) in [6.07, 6.45) is 8.90. The lowest BCUT2D eigenvalue weighted by Crippen LogP contribution is -2.41. The maximum atomic E-state index is 12.3. The molecule has 0 atom stereocenters. The molecule has 9 nitrogen and oxygen atoms in total. The molecule has 0 saturated carbocycles. The highest BCUT2D eigenvalue weighted by Gasteiger charge is 2.40. The van der Waals surface area contributed by atoms with Crippen molar-refractivity contribution in [1.29, 1.82) is 0 Å². The van der Waals surface area contributed by atoms with Crippen molar-refractivity contribution in [2.24, 2.45) is 16.5 Å². The van der Waals surface area contributed by atoms with E-state index in [1.807, 2.05) is 6.08 Å². The molecule has 148 valence electrons. The summed E-state index contributed by atoms with van der Waals surface area (Å²) in [5, 5.41) is 2.58. The Morgan fingerprint density at radius 1 is 1.29 bits per heavy atom. The van der Waals surface area contributed by atoms with E-state index in [0.717, 1.165) is 23.4 Å². The Balaban J connectivity index is 1.62. The van der Waals surface area contributed by atoms with E-state index in [1.54, 1.807) is 17.2 Å². The lowest BCUT2D eigenvalue weighted by atomic mass is 10.0. The van der Waals surface area contributed by atoms with E-state index in [1.165, 1.54) is 13.1 Å². The molecule has 0 aliphatic carbocycles. The number of aliphatic imine (C=N–C) groups is 1. The van der Waals surface area contributed by atoms with Crippen molar-refractivity contribution in [3.63, 3.8) is 0 Å². The summed E-state index contributed by atoms with van der Waals surface area (Å²) in [4.78, 5) is 43.6. The first-order valence-corrected chi connectivity index (χ1v) is 9.12. The second-order valence-corrected chi connectivity index (χ2v) is 6.80. The second-order valence-electron chi connectivity index (χ2n) is 6.80. The fourth-order valence-electron chi connectivity index (χ4n) is 3.35. The van der Waals surface area contributed by atoms with Gasteiger partial charge in [-0.1, -0.05) is 6.08 Å². The summed E-state index contributed by atoms with van der Waals surface area (Å²) in [6.45, 7) is 1.23. The first-order chi connectivity index (χ1) is 13.4. The Kier molecular flexibility index (Phi) is 5.62. The van der Waals surface area contributed by atoms with Crippen LogP contribution >= 0.6 is 0 Å². The van der Waals surface area contributed by atoms with E-state index < -0.39 is 0 Å². The number of allylic oxidation sites excluding steroid dienone is 3. The van der Waals surface area contributed by atoms with Gasteiger partial charge in [-0.2, -0.15) is 0 Å². The predicted molar refractivity (Wildman–Crippen MR) is 104 cm³/mol. The van der Waals surface area contributed by atoms with Crippen molar-refractivity contribution in [3.8, 4) is 0 Å². The molecule has 3 rings (SSSR count). The smallest absolute Gasteiger partial charge is 0.277 e. The number of carbonyl (C=O) groups is 3. The summed E-state index contributed by atoms with van der Waals surface area (Å²) >= 11 is 0. The molecule has 0 unspecified atom stereocenters. The minimum Gasteiger partial charge on any atom is -0.398 e. The summed E-state index contributed by atoms with van der Waals surface area (Å²) in [7, 11) is 1.45. The summed E-state index contributed by atoms with van der Waals surface area (Å²) in [5.41, 5.74) is 14.0. The quantitative estimate of drug-likeness (QED) is 0.432. The van der Waals surface area contributed by atoms with Crippen molar-refractivity contribution in [3.05, 3.63) is 46.6 Å². The molecule has 0 radical (unpaired) electrons. The van der Waals surface area contributed by atoms with E-state index in [0.29, 0.717) is 36.4 Å². The van der Waals surface area contributed by atoms with Crippen LogP contribution in [0.15, 0.2) is 51.6 Å². The minimum absolute atomic E-state index is 0.0583. The number of nitrogens with two attached hydrogens (primary N) is 2. The van der Waals surface area contributed by atoms with E-state index in [2.05, 4.69) is 10.3 Å². The van der Waals surface area contributed by atoms with Crippen LogP contribution in [0.25, 0.3) is 0 Å². The zero-order valence-electron chi connectivity index (χ0n) is 15.8. The Morgan fingerprint density at radius 2 is 2.07 bits per heavy atom. The van der Waals surface area contributed by atoms with Crippen molar-refractivity contribution in [2.45, 2.75) is 19.3 Å². The number of rotatable bonds is 5. The SMILES string of the molecule is CN1C(=O)C2=C(C1=O)N(CC(=O)N/C(N)=C/C=C(\N)C1=CCCN=C1)CCC2. The summed E-state index contributed by atoms with van der Waals surface area (Å²) < 4.78 is 0. The van der Waals surface area contributed by atoms with Gasteiger partial charge in [0.15, 0.2) is 0 Å². The maximum absolute atomic E-state index is 12.3. The Labute approximate surface area is 163 Å². The second kappa shape index (κ2) is 8.12. The molecular formula is C19H24N6O3. The molecule has 0 spiro atoms. The van der Waals surface area contributed by atoms with Gasteiger partial charge in [-0.05, 0) is 31.4 Å². The summed E-state index contributed by atoms with van der Waals surface area (Å²) in [6, 6.07) is 0. The fourth-order valence-corrected chi connectivity index (χ4v) is 3.35. The highest BCUT2D eigenvalue weighted by Crippen LogP contribution is 2.30. The zero-order chi connectivity index (χ0) is 20.3. The molecule has 0 saturated heterocycles. The number of hydrogen-bond donors (Lipinski definition) is 3. The van der Waals surface area contributed by atoms with E-state index >= 15 is 0 Å². The van der Waals surface area contributed by atoms with Gasteiger partial charge in [0, 0.05) is 43.2 Å². The van der Waals surface area contributed by atoms with Gasteiger partial charge >= 0.3 is 0 Å². The largest absolute Gasteiger partial charge is 0.398 e. The van der Waals surface area contributed by atoms with E-state index in [-0.39, 0.29) is 30.1 Å². The van der Waals surface area contributed by atoms with E-state index in [9.17, 15) is 14.4 Å². The molecule has 5 N–H and O–H groups in total. The normalized spacial score (nSPS) is 20.5. The Morgan fingerprint density at radius 3 is 2.79 bits per heavy atom. The summed E-state index contributed by atoms with van der Waals surface area (Å²) in [5.74, 6) is -0.888.